The molecule has 2 aliphatic rings. The molecule has 5 heteroatoms. The Hall–Kier alpha value is -1.16. The minimum atomic E-state index is 0.239. The van der Waals surface area contributed by atoms with Crippen LogP contribution in [0.4, 0.5) is 5.82 Å². The van der Waals surface area contributed by atoms with Gasteiger partial charge in [0.15, 0.2) is 6.29 Å². The molecule has 2 saturated carbocycles. The standard InChI is InChI=1S/C13H16ClN3O/c1-7-15-12(14)10(6-18)13(16-7)17-11-5-8-2-3-9(11)4-8/h6,8-9,11H,2-5H2,1H3,(H,15,16,17). The molecule has 4 nitrogen and oxygen atoms in total. The largest absolute Gasteiger partial charge is 0.366 e. The molecule has 18 heavy (non-hydrogen) atoms. The summed E-state index contributed by atoms with van der Waals surface area (Å²) >= 11 is 5.98. The third-order valence-electron chi connectivity index (χ3n) is 4.19. The lowest BCUT2D eigenvalue weighted by molar-refractivity contribution is 0.112. The first kappa shape index (κ1) is 11.9. The van der Waals surface area contributed by atoms with Gasteiger partial charge in [-0.25, -0.2) is 9.97 Å². The van der Waals surface area contributed by atoms with Gasteiger partial charge in [-0.3, -0.25) is 4.79 Å². The molecule has 3 rings (SSSR count). The zero-order valence-corrected chi connectivity index (χ0v) is 11.1. The molecule has 3 atom stereocenters. The highest BCUT2D eigenvalue weighted by atomic mass is 35.5. The maximum atomic E-state index is 11.1. The number of fused-ring (bicyclic) bond motifs is 2. The van der Waals surface area contributed by atoms with Crippen molar-refractivity contribution in [2.45, 2.75) is 38.6 Å². The molecule has 1 aromatic rings. The van der Waals surface area contributed by atoms with Crippen molar-refractivity contribution in [2.75, 3.05) is 5.32 Å². The van der Waals surface area contributed by atoms with Crippen molar-refractivity contribution in [2.24, 2.45) is 11.8 Å². The number of nitrogens with one attached hydrogen (secondary N) is 1. The second kappa shape index (κ2) is 4.50. The van der Waals surface area contributed by atoms with Gasteiger partial charge in [0.1, 0.15) is 16.8 Å². The number of aromatic nitrogens is 2. The smallest absolute Gasteiger partial charge is 0.156 e. The Morgan fingerprint density at radius 3 is 2.78 bits per heavy atom. The number of aryl methyl sites for hydroxylation is 1. The van der Waals surface area contributed by atoms with E-state index < -0.39 is 0 Å². The molecule has 0 saturated heterocycles. The molecule has 2 fully saturated rings. The van der Waals surface area contributed by atoms with Crippen molar-refractivity contribution in [1.82, 2.24) is 9.97 Å². The summed E-state index contributed by atoms with van der Waals surface area (Å²) in [5.41, 5.74) is 0.380. The quantitative estimate of drug-likeness (QED) is 0.674. The fourth-order valence-electron chi connectivity index (χ4n) is 3.36. The van der Waals surface area contributed by atoms with Crippen LogP contribution in [0.15, 0.2) is 0 Å². The monoisotopic (exact) mass is 265 g/mol. The van der Waals surface area contributed by atoms with Crippen LogP contribution in [0.25, 0.3) is 0 Å². The van der Waals surface area contributed by atoms with E-state index in [1.54, 1.807) is 6.92 Å². The molecule has 0 aliphatic heterocycles. The predicted octanol–water partition coefficient (Wildman–Crippen LogP) is 2.85. The highest BCUT2D eigenvalue weighted by molar-refractivity contribution is 6.32. The van der Waals surface area contributed by atoms with E-state index in [0.29, 0.717) is 23.2 Å². The van der Waals surface area contributed by atoms with Crippen LogP contribution in [0, 0.1) is 18.8 Å². The highest BCUT2D eigenvalue weighted by Crippen LogP contribution is 2.45. The van der Waals surface area contributed by atoms with Crippen LogP contribution < -0.4 is 5.32 Å². The van der Waals surface area contributed by atoms with Gasteiger partial charge in [-0.05, 0) is 38.0 Å². The molecule has 3 unspecified atom stereocenters. The Balaban J connectivity index is 1.86. The summed E-state index contributed by atoms with van der Waals surface area (Å²) in [5, 5.41) is 3.65. The van der Waals surface area contributed by atoms with Crippen LogP contribution in [0.5, 0.6) is 0 Å². The minimum absolute atomic E-state index is 0.239. The van der Waals surface area contributed by atoms with E-state index in [2.05, 4.69) is 15.3 Å². The van der Waals surface area contributed by atoms with E-state index >= 15 is 0 Å². The number of anilines is 1. The number of carbonyl (C=O) groups excluding carboxylic acids is 1. The zero-order chi connectivity index (χ0) is 12.7. The van der Waals surface area contributed by atoms with Crippen molar-refractivity contribution < 1.29 is 4.79 Å². The van der Waals surface area contributed by atoms with Gasteiger partial charge in [0.05, 0.1) is 5.56 Å². The fourth-order valence-corrected chi connectivity index (χ4v) is 3.61. The summed E-state index contributed by atoms with van der Waals surface area (Å²) in [5.74, 6) is 2.77. The Bertz CT molecular complexity index is 491. The fraction of sp³-hybridized carbons (Fsp3) is 0.615. The Kier molecular flexibility index (Phi) is 2.98. The van der Waals surface area contributed by atoms with Crippen LogP contribution in [-0.2, 0) is 0 Å². The molecule has 96 valence electrons. The van der Waals surface area contributed by atoms with Gasteiger partial charge in [0.25, 0.3) is 0 Å². The molecule has 2 aliphatic carbocycles. The average Bonchev–Trinajstić information content (AvgIpc) is 2.90. The molecule has 0 aromatic carbocycles. The van der Waals surface area contributed by atoms with Crippen LogP contribution >= 0.6 is 11.6 Å². The van der Waals surface area contributed by atoms with Crippen molar-refractivity contribution in [3.8, 4) is 0 Å². The Morgan fingerprint density at radius 1 is 1.33 bits per heavy atom. The lowest BCUT2D eigenvalue weighted by atomic mass is 9.95. The van der Waals surface area contributed by atoms with Gasteiger partial charge in [0, 0.05) is 6.04 Å². The van der Waals surface area contributed by atoms with E-state index in [4.69, 9.17) is 11.6 Å². The van der Waals surface area contributed by atoms with Crippen molar-refractivity contribution in [3.63, 3.8) is 0 Å². The number of hydrogen-bond donors (Lipinski definition) is 1. The summed E-state index contributed by atoms with van der Waals surface area (Å²) in [6.07, 6.45) is 5.87. The minimum Gasteiger partial charge on any atom is -0.366 e. The molecule has 0 radical (unpaired) electrons. The molecule has 1 aromatic heterocycles. The Labute approximate surface area is 111 Å². The van der Waals surface area contributed by atoms with E-state index in [9.17, 15) is 4.79 Å². The van der Waals surface area contributed by atoms with Gasteiger partial charge in [-0.2, -0.15) is 0 Å². The second-order valence-corrected chi connectivity index (χ2v) is 5.73. The zero-order valence-electron chi connectivity index (χ0n) is 10.3. The van der Waals surface area contributed by atoms with Gasteiger partial charge in [0.2, 0.25) is 0 Å². The lowest BCUT2D eigenvalue weighted by Gasteiger charge is -2.24. The summed E-state index contributed by atoms with van der Waals surface area (Å²) in [7, 11) is 0. The number of hydrogen-bond acceptors (Lipinski definition) is 4. The van der Waals surface area contributed by atoms with Gasteiger partial charge >= 0.3 is 0 Å². The first-order chi connectivity index (χ1) is 8.67. The van der Waals surface area contributed by atoms with Gasteiger partial charge in [-0.15, -0.1) is 0 Å². The Morgan fingerprint density at radius 2 is 2.17 bits per heavy atom. The summed E-state index contributed by atoms with van der Waals surface area (Å²) in [6.45, 7) is 1.78. The summed E-state index contributed by atoms with van der Waals surface area (Å²) < 4.78 is 0. The topological polar surface area (TPSA) is 54.9 Å². The molecule has 1 heterocycles. The van der Waals surface area contributed by atoms with E-state index in [0.717, 1.165) is 18.1 Å². The number of nitrogens with zero attached hydrogens (tertiary/aromatic N) is 2. The third-order valence-corrected chi connectivity index (χ3v) is 4.48. The predicted molar refractivity (Wildman–Crippen MR) is 70.0 cm³/mol. The molecular weight excluding hydrogens is 250 g/mol. The summed E-state index contributed by atoms with van der Waals surface area (Å²) in [6, 6.07) is 0.438. The van der Waals surface area contributed by atoms with Gasteiger partial charge < -0.3 is 5.32 Å². The van der Waals surface area contributed by atoms with Crippen LogP contribution in [0.1, 0.15) is 41.9 Å². The number of halogens is 1. The van der Waals surface area contributed by atoms with Crippen molar-refractivity contribution in [3.05, 3.63) is 16.5 Å². The van der Waals surface area contributed by atoms with Crippen LogP contribution in [0.3, 0.4) is 0 Å². The molecular formula is C13H16ClN3O. The van der Waals surface area contributed by atoms with Crippen molar-refractivity contribution >= 4 is 23.7 Å². The lowest BCUT2D eigenvalue weighted by Crippen LogP contribution is -2.27. The van der Waals surface area contributed by atoms with Crippen LogP contribution in [-0.4, -0.2) is 22.3 Å². The van der Waals surface area contributed by atoms with E-state index in [1.165, 1.54) is 25.7 Å². The normalized spacial score (nSPS) is 29.6. The maximum Gasteiger partial charge on any atom is 0.156 e. The van der Waals surface area contributed by atoms with Crippen molar-refractivity contribution in [1.29, 1.82) is 0 Å². The van der Waals surface area contributed by atoms with E-state index in [1.807, 2.05) is 0 Å². The highest BCUT2D eigenvalue weighted by Gasteiger charge is 2.39. The SMILES string of the molecule is Cc1nc(Cl)c(C=O)c(NC2CC3CCC2C3)n1. The third kappa shape index (κ3) is 1.99. The number of carbonyl (C=O) groups is 1. The van der Waals surface area contributed by atoms with E-state index in [-0.39, 0.29) is 5.15 Å². The average molecular weight is 266 g/mol. The molecule has 2 bridgehead atoms. The second-order valence-electron chi connectivity index (χ2n) is 5.37. The van der Waals surface area contributed by atoms with Crippen LogP contribution in [0.2, 0.25) is 5.15 Å². The molecule has 0 amide bonds. The molecule has 0 spiro atoms. The number of aldehydes is 1. The van der Waals surface area contributed by atoms with Gasteiger partial charge in [-0.1, -0.05) is 18.0 Å². The first-order valence-corrected chi connectivity index (χ1v) is 6.81. The molecule has 1 N–H and O–H groups in total. The first-order valence-electron chi connectivity index (χ1n) is 6.43. The summed E-state index contributed by atoms with van der Waals surface area (Å²) in [4.78, 5) is 19.4. The number of rotatable bonds is 3. The maximum absolute atomic E-state index is 11.1.